The fraction of sp³-hybridized carbons (Fsp3) is 0.632. The van der Waals surface area contributed by atoms with Gasteiger partial charge in [-0.3, -0.25) is 9.69 Å². The number of carbonyl (C=O) groups excluding carboxylic acids is 1. The zero-order valence-corrected chi connectivity index (χ0v) is 14.1. The normalized spacial score (nSPS) is 16.0. The van der Waals surface area contributed by atoms with Gasteiger partial charge in [-0.05, 0) is 32.3 Å². The van der Waals surface area contributed by atoms with Crippen LogP contribution in [0.1, 0.15) is 51.5 Å². The maximum atomic E-state index is 12.5. The maximum absolute atomic E-state index is 12.5. The number of likely N-dealkylation sites (N-methyl/N-ethyl adjacent to an activating group) is 1. The van der Waals surface area contributed by atoms with Gasteiger partial charge in [-0.25, -0.2) is 0 Å². The van der Waals surface area contributed by atoms with E-state index in [1.807, 2.05) is 4.90 Å². The first-order valence-corrected chi connectivity index (χ1v) is 8.80. The predicted octanol–water partition coefficient (Wildman–Crippen LogP) is 3.69. The molecule has 1 saturated carbocycles. The summed E-state index contributed by atoms with van der Waals surface area (Å²) in [6, 6.07) is 11.1. The molecule has 0 unspecified atom stereocenters. The van der Waals surface area contributed by atoms with E-state index >= 15 is 0 Å². The number of amides is 1. The van der Waals surface area contributed by atoms with Gasteiger partial charge < -0.3 is 4.90 Å². The van der Waals surface area contributed by atoms with Crippen LogP contribution in [0.15, 0.2) is 30.3 Å². The molecule has 1 aromatic carbocycles. The Hall–Kier alpha value is -1.35. The molecule has 22 heavy (non-hydrogen) atoms. The van der Waals surface area contributed by atoms with Crippen molar-refractivity contribution in [2.24, 2.45) is 0 Å². The van der Waals surface area contributed by atoms with Gasteiger partial charge in [0, 0.05) is 25.7 Å². The Balaban J connectivity index is 2.05. The molecule has 1 aromatic rings. The van der Waals surface area contributed by atoms with Crippen molar-refractivity contribution in [2.75, 3.05) is 19.6 Å². The van der Waals surface area contributed by atoms with E-state index in [1.165, 1.54) is 37.7 Å². The van der Waals surface area contributed by atoms with Gasteiger partial charge in [0.25, 0.3) is 0 Å². The molecule has 0 saturated heterocycles. The molecular formula is C19H30N2O. The topological polar surface area (TPSA) is 23.6 Å². The molecule has 0 heterocycles. The average Bonchev–Trinajstić information content (AvgIpc) is 2.57. The third-order valence-electron chi connectivity index (χ3n) is 4.77. The first-order chi connectivity index (χ1) is 10.7. The second-order valence-electron chi connectivity index (χ2n) is 6.25. The lowest BCUT2D eigenvalue weighted by Crippen LogP contribution is -2.44. The van der Waals surface area contributed by atoms with Crippen LogP contribution in [-0.2, 0) is 11.3 Å². The summed E-state index contributed by atoms with van der Waals surface area (Å²) in [5.41, 5.74) is 1.31. The van der Waals surface area contributed by atoms with Crippen LogP contribution >= 0.6 is 0 Å². The van der Waals surface area contributed by atoms with Gasteiger partial charge in [0.2, 0.25) is 5.91 Å². The van der Waals surface area contributed by atoms with Crippen LogP contribution < -0.4 is 0 Å². The number of rotatable bonds is 7. The SMILES string of the molecule is CCN(CC)C(=O)CN(Cc1ccccc1)C1CCCCC1. The molecule has 0 aromatic heterocycles. The van der Waals surface area contributed by atoms with E-state index in [0.717, 1.165) is 19.6 Å². The maximum Gasteiger partial charge on any atom is 0.236 e. The number of benzene rings is 1. The number of carbonyl (C=O) groups is 1. The largest absolute Gasteiger partial charge is 0.342 e. The first-order valence-electron chi connectivity index (χ1n) is 8.80. The summed E-state index contributed by atoms with van der Waals surface area (Å²) in [4.78, 5) is 16.9. The Kier molecular flexibility index (Phi) is 6.91. The van der Waals surface area contributed by atoms with Crippen LogP contribution in [0.5, 0.6) is 0 Å². The molecule has 0 aliphatic heterocycles. The van der Waals surface area contributed by atoms with Crippen LogP contribution in [0.25, 0.3) is 0 Å². The second-order valence-corrected chi connectivity index (χ2v) is 6.25. The van der Waals surface area contributed by atoms with E-state index in [0.29, 0.717) is 12.6 Å². The van der Waals surface area contributed by atoms with Gasteiger partial charge in [0.05, 0.1) is 6.54 Å². The molecule has 1 fully saturated rings. The lowest BCUT2D eigenvalue weighted by Gasteiger charge is -2.35. The van der Waals surface area contributed by atoms with Crippen molar-refractivity contribution in [3.63, 3.8) is 0 Å². The molecule has 0 N–H and O–H groups in total. The molecule has 0 spiro atoms. The summed E-state index contributed by atoms with van der Waals surface area (Å²) in [7, 11) is 0. The second kappa shape index (κ2) is 8.94. The highest BCUT2D eigenvalue weighted by Gasteiger charge is 2.24. The van der Waals surface area contributed by atoms with E-state index < -0.39 is 0 Å². The summed E-state index contributed by atoms with van der Waals surface area (Å²) in [5, 5.41) is 0. The number of hydrogen-bond acceptors (Lipinski definition) is 2. The monoisotopic (exact) mass is 302 g/mol. The van der Waals surface area contributed by atoms with Crippen molar-refractivity contribution < 1.29 is 4.79 Å². The highest BCUT2D eigenvalue weighted by atomic mass is 16.2. The van der Waals surface area contributed by atoms with Crippen LogP contribution in [0.3, 0.4) is 0 Å². The molecule has 0 atom stereocenters. The average molecular weight is 302 g/mol. The summed E-state index contributed by atoms with van der Waals surface area (Å²) in [5.74, 6) is 0.270. The van der Waals surface area contributed by atoms with Gasteiger partial charge in [-0.2, -0.15) is 0 Å². The van der Waals surface area contributed by atoms with Gasteiger partial charge in [-0.15, -0.1) is 0 Å². The summed E-state index contributed by atoms with van der Waals surface area (Å²) >= 11 is 0. The van der Waals surface area contributed by atoms with E-state index in [2.05, 4.69) is 49.1 Å². The van der Waals surface area contributed by atoms with E-state index in [4.69, 9.17) is 0 Å². The van der Waals surface area contributed by atoms with Crippen molar-refractivity contribution in [1.29, 1.82) is 0 Å². The highest BCUT2D eigenvalue weighted by molar-refractivity contribution is 5.78. The molecule has 2 rings (SSSR count). The molecule has 1 aliphatic rings. The van der Waals surface area contributed by atoms with Crippen molar-refractivity contribution >= 4 is 5.91 Å². The van der Waals surface area contributed by atoms with Gasteiger partial charge in [0.15, 0.2) is 0 Å². The van der Waals surface area contributed by atoms with Crippen molar-refractivity contribution in [1.82, 2.24) is 9.80 Å². The number of hydrogen-bond donors (Lipinski definition) is 0. The van der Waals surface area contributed by atoms with Crippen LogP contribution in [0, 0.1) is 0 Å². The standard InChI is InChI=1S/C19H30N2O/c1-3-20(4-2)19(22)16-21(18-13-9-6-10-14-18)15-17-11-7-5-8-12-17/h5,7-8,11-12,18H,3-4,6,9-10,13-16H2,1-2H3. The first kappa shape index (κ1) is 17.0. The van der Waals surface area contributed by atoms with Gasteiger partial charge in [-0.1, -0.05) is 49.6 Å². The Labute approximate surface area is 135 Å². The minimum Gasteiger partial charge on any atom is -0.342 e. The summed E-state index contributed by atoms with van der Waals surface area (Å²) < 4.78 is 0. The molecule has 1 amide bonds. The Morgan fingerprint density at radius 1 is 1.05 bits per heavy atom. The molecule has 122 valence electrons. The van der Waals surface area contributed by atoms with Crippen molar-refractivity contribution in [2.45, 2.75) is 58.5 Å². The van der Waals surface area contributed by atoms with E-state index in [9.17, 15) is 4.79 Å². The Morgan fingerprint density at radius 2 is 1.68 bits per heavy atom. The van der Waals surface area contributed by atoms with Gasteiger partial charge in [0.1, 0.15) is 0 Å². The molecule has 0 radical (unpaired) electrons. The van der Waals surface area contributed by atoms with Crippen LogP contribution in [-0.4, -0.2) is 41.4 Å². The summed E-state index contributed by atoms with van der Waals surface area (Å²) in [6.45, 7) is 7.17. The lowest BCUT2D eigenvalue weighted by atomic mass is 9.93. The molecule has 0 bridgehead atoms. The third kappa shape index (κ3) is 4.84. The molecule has 3 nitrogen and oxygen atoms in total. The zero-order chi connectivity index (χ0) is 15.8. The van der Waals surface area contributed by atoms with Crippen molar-refractivity contribution in [3.8, 4) is 0 Å². The predicted molar refractivity (Wildman–Crippen MR) is 91.7 cm³/mol. The summed E-state index contributed by atoms with van der Waals surface area (Å²) in [6.07, 6.45) is 6.42. The van der Waals surface area contributed by atoms with Gasteiger partial charge >= 0.3 is 0 Å². The number of nitrogens with zero attached hydrogens (tertiary/aromatic N) is 2. The van der Waals surface area contributed by atoms with Crippen LogP contribution in [0.2, 0.25) is 0 Å². The third-order valence-corrected chi connectivity index (χ3v) is 4.77. The Morgan fingerprint density at radius 3 is 2.27 bits per heavy atom. The minimum absolute atomic E-state index is 0.270. The minimum atomic E-state index is 0.270. The quantitative estimate of drug-likeness (QED) is 0.767. The lowest BCUT2D eigenvalue weighted by molar-refractivity contribution is -0.133. The highest BCUT2D eigenvalue weighted by Crippen LogP contribution is 2.24. The van der Waals surface area contributed by atoms with Crippen molar-refractivity contribution in [3.05, 3.63) is 35.9 Å². The van der Waals surface area contributed by atoms with Crippen LogP contribution in [0.4, 0.5) is 0 Å². The molecule has 1 aliphatic carbocycles. The molecular weight excluding hydrogens is 272 g/mol. The zero-order valence-electron chi connectivity index (χ0n) is 14.1. The van der Waals surface area contributed by atoms with E-state index in [-0.39, 0.29) is 5.91 Å². The van der Waals surface area contributed by atoms with E-state index in [1.54, 1.807) is 0 Å². The fourth-order valence-electron chi connectivity index (χ4n) is 3.43. The fourth-order valence-corrected chi connectivity index (χ4v) is 3.43. The Bertz CT molecular complexity index is 436. The molecule has 3 heteroatoms. The smallest absolute Gasteiger partial charge is 0.236 e.